The Bertz CT molecular complexity index is 554. The number of carbonyl (C=O) groups excluding carboxylic acids is 2. The summed E-state index contributed by atoms with van der Waals surface area (Å²) in [6.45, 7) is -3.23. The zero-order valence-corrected chi connectivity index (χ0v) is 12.5. The minimum atomic E-state index is -2.85. The molecule has 6 nitrogen and oxygen atoms in total. The van der Waals surface area contributed by atoms with Gasteiger partial charge in [-0.3, -0.25) is 9.59 Å². The first-order chi connectivity index (χ1) is 11.1. The average molecular weight is 328 g/mol. The number of nitrogens with zero attached hydrogens (tertiary/aromatic N) is 1. The van der Waals surface area contributed by atoms with Crippen LogP contribution < -0.4 is 10.1 Å². The van der Waals surface area contributed by atoms with E-state index in [0.29, 0.717) is 19.3 Å². The fourth-order valence-corrected chi connectivity index (χ4v) is 2.36. The highest BCUT2D eigenvalue weighted by Crippen LogP contribution is 2.25. The summed E-state index contributed by atoms with van der Waals surface area (Å²) in [6, 6.07) is 3.17. The number of halogens is 2. The van der Waals surface area contributed by atoms with Crippen LogP contribution in [0, 0.1) is 5.92 Å². The molecule has 0 radical (unpaired) electrons. The second kappa shape index (κ2) is 8.52. The molecule has 8 heteroatoms. The molecule has 23 heavy (non-hydrogen) atoms. The maximum absolute atomic E-state index is 12.2. The predicted octanol–water partition coefficient (Wildman–Crippen LogP) is 2.40. The van der Waals surface area contributed by atoms with Gasteiger partial charge >= 0.3 is 6.61 Å². The van der Waals surface area contributed by atoms with E-state index >= 15 is 0 Å². The van der Waals surface area contributed by atoms with Crippen molar-refractivity contribution in [3.8, 4) is 5.75 Å². The number of pyridine rings is 1. The molecular weight excluding hydrogens is 310 g/mol. The largest absolute Gasteiger partial charge is 0.487 e. The Kier molecular flexibility index (Phi) is 6.40. The van der Waals surface area contributed by atoms with Crippen LogP contribution in [0.5, 0.6) is 5.75 Å². The molecule has 1 N–H and O–H groups in total. The van der Waals surface area contributed by atoms with Crippen molar-refractivity contribution in [1.29, 1.82) is 0 Å². The number of ketones is 1. The predicted molar refractivity (Wildman–Crippen MR) is 77.3 cm³/mol. The number of anilines is 1. The van der Waals surface area contributed by atoms with Crippen molar-refractivity contribution in [1.82, 2.24) is 4.98 Å². The topological polar surface area (TPSA) is 77.5 Å². The normalized spacial score (nSPS) is 18.0. The molecule has 1 heterocycles. The lowest BCUT2D eigenvalue weighted by Crippen LogP contribution is -2.28. The van der Waals surface area contributed by atoms with Crippen LogP contribution >= 0.6 is 0 Å². The number of amides is 1. The molecule has 0 aliphatic heterocycles. The molecule has 126 valence electrons. The molecule has 1 aromatic rings. The third-order valence-corrected chi connectivity index (χ3v) is 3.45. The van der Waals surface area contributed by atoms with Gasteiger partial charge in [0.2, 0.25) is 5.91 Å². The third-order valence-electron chi connectivity index (χ3n) is 3.45. The standard InChI is InChI=1S/C15H18F2N2O4/c16-15(17)23-8-7-22-12-5-2-6-18-13(12)19-14(21)10-3-1-4-11(20)9-10/h2,5-6,10,15H,1,3-4,7-9H2,(H,18,19,21). The van der Waals surface area contributed by atoms with Crippen LogP contribution in [-0.4, -0.2) is 36.5 Å². The van der Waals surface area contributed by atoms with Gasteiger partial charge in [-0.05, 0) is 25.0 Å². The number of hydrogen-bond acceptors (Lipinski definition) is 5. The van der Waals surface area contributed by atoms with Crippen molar-refractivity contribution in [2.45, 2.75) is 32.3 Å². The van der Waals surface area contributed by atoms with Crippen LogP contribution in [0.15, 0.2) is 18.3 Å². The number of aromatic nitrogens is 1. The van der Waals surface area contributed by atoms with Gasteiger partial charge in [0.1, 0.15) is 12.4 Å². The van der Waals surface area contributed by atoms with Gasteiger partial charge in [0.05, 0.1) is 6.61 Å². The number of hydrogen-bond donors (Lipinski definition) is 1. The molecule has 1 atom stereocenters. The minimum Gasteiger partial charge on any atom is -0.487 e. The van der Waals surface area contributed by atoms with Crippen molar-refractivity contribution in [3.63, 3.8) is 0 Å². The highest BCUT2D eigenvalue weighted by molar-refractivity contribution is 5.96. The lowest BCUT2D eigenvalue weighted by atomic mass is 9.88. The first kappa shape index (κ1) is 17.3. The molecule has 0 saturated heterocycles. The molecule has 1 aliphatic carbocycles. The molecule has 1 aromatic heterocycles. The molecule has 1 fully saturated rings. The molecule has 0 bridgehead atoms. The summed E-state index contributed by atoms with van der Waals surface area (Å²) in [7, 11) is 0. The van der Waals surface area contributed by atoms with Gasteiger partial charge in [0.25, 0.3) is 0 Å². The number of alkyl halides is 2. The number of nitrogens with one attached hydrogen (secondary N) is 1. The first-order valence-corrected chi connectivity index (χ1v) is 7.36. The maximum Gasteiger partial charge on any atom is 0.345 e. The molecule has 1 aliphatic rings. The molecule has 1 amide bonds. The Hall–Kier alpha value is -2.09. The summed E-state index contributed by atoms with van der Waals surface area (Å²) >= 11 is 0. The number of carbonyl (C=O) groups is 2. The molecule has 1 unspecified atom stereocenters. The zero-order valence-electron chi connectivity index (χ0n) is 12.5. The maximum atomic E-state index is 12.2. The quantitative estimate of drug-likeness (QED) is 0.778. The van der Waals surface area contributed by atoms with Gasteiger partial charge in [-0.1, -0.05) is 0 Å². The SMILES string of the molecule is O=C1CCCC(C(=O)Nc2ncccc2OCCOC(F)F)C1. The Balaban J connectivity index is 1.91. The fourth-order valence-electron chi connectivity index (χ4n) is 2.36. The first-order valence-electron chi connectivity index (χ1n) is 7.36. The monoisotopic (exact) mass is 328 g/mol. The Morgan fingerprint density at radius 3 is 3.00 bits per heavy atom. The van der Waals surface area contributed by atoms with Crippen molar-refractivity contribution >= 4 is 17.5 Å². The molecular formula is C15H18F2N2O4. The van der Waals surface area contributed by atoms with Crippen LogP contribution in [0.25, 0.3) is 0 Å². The lowest BCUT2D eigenvalue weighted by molar-refractivity contribution is -0.133. The van der Waals surface area contributed by atoms with Crippen molar-refractivity contribution in [2.24, 2.45) is 5.92 Å². The average Bonchev–Trinajstić information content (AvgIpc) is 2.52. The summed E-state index contributed by atoms with van der Waals surface area (Å²) < 4.78 is 33.1. The van der Waals surface area contributed by atoms with E-state index in [4.69, 9.17) is 4.74 Å². The van der Waals surface area contributed by atoms with Gasteiger partial charge in [-0.2, -0.15) is 8.78 Å². The lowest BCUT2D eigenvalue weighted by Gasteiger charge is -2.20. The highest BCUT2D eigenvalue weighted by atomic mass is 19.3. The number of Topliss-reactive ketones (excluding diaryl/α,β-unsaturated/α-hetero) is 1. The summed E-state index contributed by atoms with van der Waals surface area (Å²) in [6.07, 6.45) is 3.59. The Morgan fingerprint density at radius 2 is 2.26 bits per heavy atom. The third kappa shape index (κ3) is 5.55. The van der Waals surface area contributed by atoms with Gasteiger partial charge in [0.15, 0.2) is 11.6 Å². The van der Waals surface area contributed by atoms with Gasteiger partial charge in [-0.25, -0.2) is 4.98 Å². The second-order valence-electron chi connectivity index (χ2n) is 5.15. The second-order valence-corrected chi connectivity index (χ2v) is 5.15. The summed E-state index contributed by atoms with van der Waals surface area (Å²) in [5.74, 6) is -0.106. The van der Waals surface area contributed by atoms with Crippen LogP contribution in [0.4, 0.5) is 14.6 Å². The van der Waals surface area contributed by atoms with Crippen LogP contribution in [0.1, 0.15) is 25.7 Å². The molecule has 0 spiro atoms. The molecule has 2 rings (SSSR count). The summed E-state index contributed by atoms with van der Waals surface area (Å²) in [4.78, 5) is 27.6. The van der Waals surface area contributed by atoms with Crippen molar-refractivity contribution in [3.05, 3.63) is 18.3 Å². The smallest absolute Gasteiger partial charge is 0.345 e. The van der Waals surface area contributed by atoms with E-state index in [0.717, 1.165) is 0 Å². The van der Waals surface area contributed by atoms with E-state index in [1.165, 1.54) is 6.20 Å². The molecule has 0 aromatic carbocycles. The van der Waals surface area contributed by atoms with Crippen LogP contribution in [0.2, 0.25) is 0 Å². The van der Waals surface area contributed by atoms with Crippen molar-refractivity contribution in [2.75, 3.05) is 18.5 Å². The van der Waals surface area contributed by atoms with E-state index < -0.39 is 6.61 Å². The minimum absolute atomic E-state index is 0.0815. The summed E-state index contributed by atoms with van der Waals surface area (Å²) in [5.41, 5.74) is 0. The van der Waals surface area contributed by atoms with E-state index in [-0.39, 0.29) is 48.8 Å². The van der Waals surface area contributed by atoms with E-state index in [2.05, 4.69) is 15.0 Å². The highest BCUT2D eigenvalue weighted by Gasteiger charge is 2.26. The Morgan fingerprint density at radius 1 is 1.43 bits per heavy atom. The fraction of sp³-hybridized carbons (Fsp3) is 0.533. The van der Waals surface area contributed by atoms with Gasteiger partial charge in [0, 0.05) is 25.0 Å². The van der Waals surface area contributed by atoms with E-state index in [1.54, 1.807) is 12.1 Å². The van der Waals surface area contributed by atoms with E-state index in [9.17, 15) is 18.4 Å². The van der Waals surface area contributed by atoms with E-state index in [1.807, 2.05) is 0 Å². The van der Waals surface area contributed by atoms with Gasteiger partial charge < -0.3 is 14.8 Å². The summed E-state index contributed by atoms with van der Waals surface area (Å²) in [5, 5.41) is 2.63. The number of ether oxygens (including phenoxy) is 2. The molecule has 1 saturated carbocycles. The zero-order chi connectivity index (χ0) is 16.7. The Labute approximate surface area is 132 Å². The van der Waals surface area contributed by atoms with Gasteiger partial charge in [-0.15, -0.1) is 0 Å². The van der Waals surface area contributed by atoms with Crippen LogP contribution in [-0.2, 0) is 14.3 Å². The van der Waals surface area contributed by atoms with Crippen molar-refractivity contribution < 1.29 is 27.8 Å². The van der Waals surface area contributed by atoms with Crippen LogP contribution in [0.3, 0.4) is 0 Å². The number of rotatable bonds is 7.